The SMILES string of the molecule is CC(C)(COP(=O)(O)OP(=O)(O)OC[C@H]1O[C@@H](n2cnc3c(N)ncnc32)[C@H](O)[C@@H]1OP(=O)(O)O)[C@@H](O)C(=O)NCCC(=O)NCCS.CCC=O. The van der Waals surface area contributed by atoms with Crippen LogP contribution in [-0.2, 0) is 50.7 Å². The molecule has 52 heavy (non-hydrogen) atoms. The van der Waals surface area contributed by atoms with E-state index in [-0.39, 0.29) is 35.9 Å². The number of thiol groups is 1. The first kappa shape index (κ1) is 45.7. The fraction of sp³-hybridized carbons (Fsp3) is 0.667. The highest BCUT2D eigenvalue weighted by atomic mass is 32.1. The number of hydrogen-bond acceptors (Lipinski definition) is 18. The molecule has 7 atom stereocenters. The quantitative estimate of drug-likeness (QED) is 0.0458. The molecule has 0 bridgehead atoms. The van der Waals surface area contributed by atoms with E-state index in [1.54, 1.807) is 0 Å². The summed E-state index contributed by atoms with van der Waals surface area (Å²) in [5.74, 6) is -0.943. The number of phosphoric ester groups is 3. The Kier molecular flexibility index (Phi) is 17.4. The number of rotatable bonds is 19. The highest BCUT2D eigenvalue weighted by Crippen LogP contribution is 2.61. The van der Waals surface area contributed by atoms with Gasteiger partial charge in [0.05, 0.1) is 19.5 Å². The fourth-order valence-electron chi connectivity index (χ4n) is 4.14. The van der Waals surface area contributed by atoms with E-state index in [4.69, 9.17) is 19.5 Å². The lowest BCUT2D eigenvalue weighted by Crippen LogP contribution is -2.46. The average Bonchev–Trinajstić information content (AvgIpc) is 3.61. The molecule has 0 aliphatic carbocycles. The Hall–Kier alpha value is -2.44. The number of aldehydes is 1. The number of phosphoric acid groups is 3. The van der Waals surface area contributed by atoms with Crippen molar-refractivity contribution in [2.24, 2.45) is 5.41 Å². The maximum absolute atomic E-state index is 12.6. The van der Waals surface area contributed by atoms with Crippen LogP contribution in [0.1, 0.15) is 39.8 Å². The van der Waals surface area contributed by atoms with Crippen LogP contribution in [0.3, 0.4) is 0 Å². The van der Waals surface area contributed by atoms with Gasteiger partial charge in [-0.05, 0) is 0 Å². The molecule has 28 heteroatoms. The van der Waals surface area contributed by atoms with Gasteiger partial charge in [0.1, 0.15) is 42.5 Å². The molecule has 3 rings (SSSR count). The first-order valence-corrected chi connectivity index (χ1v) is 20.2. The minimum atomic E-state index is -5.54. The van der Waals surface area contributed by atoms with Gasteiger partial charge in [-0.15, -0.1) is 0 Å². The largest absolute Gasteiger partial charge is 0.481 e. The zero-order chi connectivity index (χ0) is 39.5. The molecule has 0 radical (unpaired) electrons. The van der Waals surface area contributed by atoms with E-state index < -0.39 is 78.6 Å². The Balaban J connectivity index is 0.00000222. The van der Waals surface area contributed by atoms with Crippen molar-refractivity contribution in [3.8, 4) is 0 Å². The van der Waals surface area contributed by atoms with Crippen LogP contribution in [0.15, 0.2) is 12.7 Å². The number of aliphatic hydroxyl groups excluding tert-OH is 2. The van der Waals surface area contributed by atoms with Gasteiger partial charge in [-0.2, -0.15) is 16.9 Å². The number of nitrogen functional groups attached to an aromatic ring is 1. The molecular formula is C24H42N7O17P3S. The Morgan fingerprint density at radius 1 is 1.12 bits per heavy atom. The van der Waals surface area contributed by atoms with E-state index in [0.29, 0.717) is 18.7 Å². The maximum atomic E-state index is 12.6. The molecule has 1 fully saturated rings. The van der Waals surface area contributed by atoms with E-state index in [2.05, 4.69) is 47.0 Å². The van der Waals surface area contributed by atoms with Crippen molar-refractivity contribution >= 4 is 71.2 Å². The van der Waals surface area contributed by atoms with Gasteiger partial charge in [0.2, 0.25) is 11.8 Å². The van der Waals surface area contributed by atoms with Crippen molar-refractivity contribution in [2.45, 2.75) is 64.3 Å². The molecule has 2 aromatic rings. The molecule has 0 saturated carbocycles. The van der Waals surface area contributed by atoms with Crippen LogP contribution in [0.2, 0.25) is 0 Å². The second-order valence-electron chi connectivity index (χ2n) is 11.4. The van der Waals surface area contributed by atoms with Gasteiger partial charge in [0, 0.05) is 37.1 Å². The van der Waals surface area contributed by atoms with Crippen LogP contribution in [0, 0.1) is 5.41 Å². The van der Waals surface area contributed by atoms with Gasteiger partial charge in [-0.25, -0.2) is 28.6 Å². The van der Waals surface area contributed by atoms with Crippen LogP contribution < -0.4 is 16.4 Å². The number of nitrogens with zero attached hydrogens (tertiary/aromatic N) is 4. The minimum absolute atomic E-state index is 0.0363. The van der Waals surface area contributed by atoms with E-state index in [9.17, 15) is 57.9 Å². The molecule has 0 spiro atoms. The number of fused-ring (bicyclic) bond motifs is 1. The minimum Gasteiger partial charge on any atom is -0.386 e. The van der Waals surface area contributed by atoms with E-state index in [1.165, 1.54) is 13.8 Å². The highest BCUT2D eigenvalue weighted by molar-refractivity contribution is 7.80. The van der Waals surface area contributed by atoms with Gasteiger partial charge in [0.25, 0.3) is 0 Å². The molecular weight excluding hydrogens is 783 g/mol. The summed E-state index contributed by atoms with van der Waals surface area (Å²) in [5, 5.41) is 26.1. The molecule has 296 valence electrons. The lowest BCUT2D eigenvalue weighted by molar-refractivity contribution is -0.137. The highest BCUT2D eigenvalue weighted by Gasteiger charge is 2.50. The molecule has 3 heterocycles. The van der Waals surface area contributed by atoms with Crippen LogP contribution in [-0.4, -0.2) is 124 Å². The standard InChI is InChI=1S/C21H36N7O16P3S.C3H6O/c1-21(2,16(31)19(32)24-4-3-12(29)23-5-6-48)8-41-47(38,39)44-46(36,37)40-7-11-15(43-45(33,34)35)14(30)20(42-11)28-10-27-13-17(22)25-9-26-18(13)28;1-2-3-4/h9-11,14-16,20,30-31,48H,3-8H2,1-2H3,(H,23,29)(H,24,32)(H,36,37)(H,38,39)(H2,22,25,26)(H2,33,34,35);3H,2H2,1H3/t11-,14-,15-,16+,20-;/m1./s1. The summed E-state index contributed by atoms with van der Waals surface area (Å²) < 4.78 is 61.7. The molecule has 1 aliphatic rings. The first-order chi connectivity index (χ1) is 24.1. The number of aliphatic hydroxyl groups is 2. The number of amides is 2. The number of carbonyl (C=O) groups excluding carboxylic acids is 3. The molecule has 24 nitrogen and oxygen atoms in total. The molecule has 1 saturated heterocycles. The average molecular weight is 826 g/mol. The van der Waals surface area contributed by atoms with Gasteiger partial charge >= 0.3 is 23.5 Å². The molecule has 2 aromatic heterocycles. The number of nitrogens with one attached hydrogen (secondary N) is 2. The summed E-state index contributed by atoms with van der Waals surface area (Å²) in [4.78, 5) is 83.8. The van der Waals surface area contributed by atoms with Gasteiger partial charge in [-0.1, -0.05) is 20.8 Å². The van der Waals surface area contributed by atoms with Crippen LogP contribution in [0.4, 0.5) is 5.82 Å². The topological polar surface area (TPSA) is 364 Å². The Morgan fingerprint density at radius 2 is 1.75 bits per heavy atom. The lowest BCUT2D eigenvalue weighted by atomic mass is 9.87. The van der Waals surface area contributed by atoms with Crippen molar-refractivity contribution in [3.05, 3.63) is 12.7 Å². The number of ether oxygens (including phenoxy) is 1. The normalized spacial score (nSPS) is 22.0. The number of imidazole rings is 1. The molecule has 10 N–H and O–H groups in total. The number of anilines is 1. The van der Waals surface area contributed by atoms with Crippen LogP contribution in [0.5, 0.6) is 0 Å². The van der Waals surface area contributed by atoms with Gasteiger partial charge in [0.15, 0.2) is 17.7 Å². The van der Waals surface area contributed by atoms with E-state index in [1.807, 2.05) is 6.92 Å². The third-order valence-corrected chi connectivity index (χ3v) is 10.0. The third kappa shape index (κ3) is 14.1. The second-order valence-corrected chi connectivity index (χ2v) is 16.1. The summed E-state index contributed by atoms with van der Waals surface area (Å²) in [6.07, 6.45) is -5.23. The predicted octanol–water partition coefficient (Wildman–Crippen LogP) is -1.07. The predicted molar refractivity (Wildman–Crippen MR) is 180 cm³/mol. The van der Waals surface area contributed by atoms with Crippen LogP contribution >= 0.6 is 36.1 Å². The van der Waals surface area contributed by atoms with Crippen molar-refractivity contribution in [2.75, 3.05) is 37.8 Å². The molecule has 2 amide bonds. The first-order valence-electron chi connectivity index (χ1n) is 15.0. The lowest BCUT2D eigenvalue weighted by Gasteiger charge is -2.30. The zero-order valence-electron chi connectivity index (χ0n) is 27.9. The monoisotopic (exact) mass is 825 g/mol. The molecule has 0 aromatic carbocycles. The molecule has 1 aliphatic heterocycles. The summed E-state index contributed by atoms with van der Waals surface area (Å²) >= 11 is 3.95. The maximum Gasteiger partial charge on any atom is 0.481 e. The van der Waals surface area contributed by atoms with Crippen molar-refractivity contribution in [1.29, 1.82) is 0 Å². The number of aromatic nitrogens is 4. The Morgan fingerprint density at radius 3 is 2.35 bits per heavy atom. The fourth-order valence-corrected chi connectivity index (χ4v) is 7.08. The van der Waals surface area contributed by atoms with E-state index >= 15 is 0 Å². The van der Waals surface area contributed by atoms with Gasteiger partial charge in [-0.3, -0.25) is 27.7 Å². The summed E-state index contributed by atoms with van der Waals surface area (Å²) in [6.45, 7) is 2.54. The Bertz CT molecular complexity index is 1660. The van der Waals surface area contributed by atoms with Crippen molar-refractivity contribution in [3.63, 3.8) is 0 Å². The van der Waals surface area contributed by atoms with E-state index in [0.717, 1.165) is 23.5 Å². The number of hydrogen-bond donors (Lipinski definition) is 10. The van der Waals surface area contributed by atoms with Crippen molar-refractivity contribution < 1.29 is 80.5 Å². The smallest absolute Gasteiger partial charge is 0.386 e. The van der Waals surface area contributed by atoms with Crippen LogP contribution in [0.25, 0.3) is 11.2 Å². The summed E-state index contributed by atoms with van der Waals surface area (Å²) in [6, 6.07) is 0. The summed E-state index contributed by atoms with van der Waals surface area (Å²) in [7, 11) is -16.3. The van der Waals surface area contributed by atoms with Gasteiger partial charge < -0.3 is 55.7 Å². The summed E-state index contributed by atoms with van der Waals surface area (Å²) in [5.41, 5.74) is 4.30. The number of nitrogens with two attached hydrogens (primary N) is 1. The molecule has 2 unspecified atom stereocenters. The van der Waals surface area contributed by atoms with Crippen molar-refractivity contribution in [1.82, 2.24) is 30.2 Å². The Labute approximate surface area is 301 Å². The third-order valence-electron chi connectivity index (χ3n) is 6.68. The number of carbonyl (C=O) groups is 3. The second kappa shape index (κ2) is 19.8. The zero-order valence-corrected chi connectivity index (χ0v) is 31.5.